The largest absolute Gasteiger partial charge is 0.493 e. The highest BCUT2D eigenvalue weighted by Crippen LogP contribution is 2.34. The van der Waals surface area contributed by atoms with Crippen molar-refractivity contribution in [2.24, 2.45) is 0 Å². The van der Waals surface area contributed by atoms with Crippen LogP contribution in [-0.4, -0.2) is 25.1 Å². The number of nitro groups is 1. The molecule has 126 valence electrons. The number of nitrogens with one attached hydrogen (secondary N) is 1. The Bertz CT molecular complexity index is 807. The molecule has 2 aromatic rings. The van der Waals surface area contributed by atoms with Gasteiger partial charge in [-0.05, 0) is 47.7 Å². The Morgan fingerprint density at radius 1 is 1.25 bits per heavy atom. The number of halogens is 1. The molecule has 0 atom stereocenters. The highest BCUT2D eigenvalue weighted by Gasteiger charge is 2.18. The Kier molecular flexibility index (Phi) is 5.60. The summed E-state index contributed by atoms with van der Waals surface area (Å²) in [7, 11) is 3.01. The summed E-state index contributed by atoms with van der Waals surface area (Å²) in [6.45, 7) is 1.59. The molecule has 0 radical (unpaired) electrons. The van der Waals surface area contributed by atoms with E-state index in [4.69, 9.17) is 9.47 Å². The van der Waals surface area contributed by atoms with Crippen LogP contribution in [0.3, 0.4) is 0 Å². The first-order valence-electron chi connectivity index (χ1n) is 6.86. The maximum Gasteiger partial charge on any atom is 0.274 e. The Labute approximate surface area is 152 Å². The molecule has 0 aliphatic rings. The number of rotatable bonds is 5. The van der Waals surface area contributed by atoms with Crippen LogP contribution in [0.2, 0.25) is 0 Å². The maximum absolute atomic E-state index is 12.5. The monoisotopic (exact) mass is 442 g/mol. The van der Waals surface area contributed by atoms with E-state index in [-0.39, 0.29) is 5.69 Å². The topological polar surface area (TPSA) is 90.7 Å². The predicted molar refractivity (Wildman–Crippen MR) is 98.0 cm³/mol. The van der Waals surface area contributed by atoms with Gasteiger partial charge in [0, 0.05) is 11.6 Å². The van der Waals surface area contributed by atoms with Crippen molar-refractivity contribution in [1.82, 2.24) is 0 Å². The summed E-state index contributed by atoms with van der Waals surface area (Å²) in [6, 6.07) is 7.75. The van der Waals surface area contributed by atoms with Crippen LogP contribution in [-0.2, 0) is 0 Å². The molecule has 0 saturated heterocycles. The standard InChI is InChI=1S/C16H15IN2O5/c1-9-12(5-4-6-13(9)19(21)22)18-16(20)10-7-11(17)15(24-3)14(8-10)23-2/h4-8H,1-3H3,(H,18,20). The minimum absolute atomic E-state index is 0.0466. The van der Waals surface area contributed by atoms with Gasteiger partial charge in [0.2, 0.25) is 0 Å². The molecule has 0 bridgehead atoms. The van der Waals surface area contributed by atoms with E-state index in [0.717, 1.165) is 3.57 Å². The van der Waals surface area contributed by atoms with Gasteiger partial charge in [-0.1, -0.05) is 6.07 Å². The molecular formula is C16H15IN2O5. The van der Waals surface area contributed by atoms with Crippen molar-refractivity contribution < 1.29 is 19.2 Å². The van der Waals surface area contributed by atoms with Crippen LogP contribution >= 0.6 is 22.6 Å². The first-order valence-corrected chi connectivity index (χ1v) is 7.93. The van der Waals surface area contributed by atoms with Crippen LogP contribution in [0.4, 0.5) is 11.4 Å². The smallest absolute Gasteiger partial charge is 0.274 e. The first kappa shape index (κ1) is 18.0. The molecule has 0 aliphatic carbocycles. The van der Waals surface area contributed by atoms with Crippen molar-refractivity contribution in [1.29, 1.82) is 0 Å². The lowest BCUT2D eigenvalue weighted by Gasteiger charge is -2.13. The van der Waals surface area contributed by atoms with Gasteiger partial charge >= 0.3 is 0 Å². The van der Waals surface area contributed by atoms with Gasteiger partial charge in [0.25, 0.3) is 11.6 Å². The maximum atomic E-state index is 12.5. The van der Waals surface area contributed by atoms with Crippen molar-refractivity contribution in [3.8, 4) is 11.5 Å². The van der Waals surface area contributed by atoms with E-state index in [1.54, 1.807) is 25.1 Å². The molecule has 7 nitrogen and oxygen atoms in total. The highest BCUT2D eigenvalue weighted by atomic mass is 127. The number of amides is 1. The Hall–Kier alpha value is -2.36. The quantitative estimate of drug-likeness (QED) is 0.433. The minimum Gasteiger partial charge on any atom is -0.493 e. The van der Waals surface area contributed by atoms with Gasteiger partial charge in [-0.15, -0.1) is 0 Å². The SMILES string of the molecule is COc1cc(C(=O)Nc2cccc([N+](=O)[O-])c2C)cc(I)c1OC. The number of hydrogen-bond acceptors (Lipinski definition) is 5. The van der Waals surface area contributed by atoms with Crippen LogP contribution in [0.1, 0.15) is 15.9 Å². The number of hydrogen-bond donors (Lipinski definition) is 1. The lowest BCUT2D eigenvalue weighted by molar-refractivity contribution is -0.385. The zero-order valence-corrected chi connectivity index (χ0v) is 15.4. The van der Waals surface area contributed by atoms with E-state index in [9.17, 15) is 14.9 Å². The first-order chi connectivity index (χ1) is 11.4. The fourth-order valence-electron chi connectivity index (χ4n) is 2.20. The third-order valence-electron chi connectivity index (χ3n) is 3.45. The Morgan fingerprint density at radius 3 is 2.54 bits per heavy atom. The summed E-state index contributed by atoms with van der Waals surface area (Å²) < 4.78 is 11.2. The number of carbonyl (C=O) groups is 1. The van der Waals surface area contributed by atoms with Gasteiger partial charge in [-0.3, -0.25) is 14.9 Å². The number of nitrogens with zero attached hydrogens (tertiary/aromatic N) is 1. The second-order valence-corrected chi connectivity index (χ2v) is 6.02. The van der Waals surface area contributed by atoms with Gasteiger partial charge in [-0.25, -0.2) is 0 Å². The van der Waals surface area contributed by atoms with Gasteiger partial charge in [0.1, 0.15) is 0 Å². The normalized spacial score (nSPS) is 10.2. The fraction of sp³-hybridized carbons (Fsp3) is 0.188. The second kappa shape index (κ2) is 7.47. The molecule has 0 heterocycles. The molecule has 24 heavy (non-hydrogen) atoms. The Balaban J connectivity index is 2.36. The number of ether oxygens (including phenoxy) is 2. The van der Waals surface area contributed by atoms with Crippen LogP contribution in [0.25, 0.3) is 0 Å². The van der Waals surface area contributed by atoms with Gasteiger partial charge in [0.15, 0.2) is 11.5 Å². The average Bonchev–Trinajstić information content (AvgIpc) is 2.55. The van der Waals surface area contributed by atoms with Crippen LogP contribution < -0.4 is 14.8 Å². The summed E-state index contributed by atoms with van der Waals surface area (Å²) in [5.74, 6) is 0.587. The average molecular weight is 442 g/mol. The lowest BCUT2D eigenvalue weighted by atomic mass is 10.1. The summed E-state index contributed by atoms with van der Waals surface area (Å²) in [6.07, 6.45) is 0. The van der Waals surface area contributed by atoms with E-state index < -0.39 is 10.8 Å². The Morgan fingerprint density at radius 2 is 1.96 bits per heavy atom. The molecule has 8 heteroatoms. The molecular weight excluding hydrogens is 427 g/mol. The molecule has 0 aliphatic heterocycles. The molecule has 0 unspecified atom stereocenters. The number of benzene rings is 2. The third-order valence-corrected chi connectivity index (χ3v) is 4.25. The number of methoxy groups -OCH3 is 2. The number of carbonyl (C=O) groups excluding carboxylic acids is 1. The zero-order valence-electron chi connectivity index (χ0n) is 13.3. The molecule has 1 N–H and O–H groups in total. The summed E-state index contributed by atoms with van der Waals surface area (Å²) in [4.78, 5) is 23.0. The minimum atomic E-state index is -0.482. The van der Waals surface area contributed by atoms with E-state index in [1.165, 1.54) is 26.4 Å². The number of anilines is 1. The van der Waals surface area contributed by atoms with Gasteiger partial charge in [0.05, 0.1) is 34.0 Å². The van der Waals surface area contributed by atoms with Gasteiger partial charge in [-0.2, -0.15) is 0 Å². The molecule has 0 saturated carbocycles. The van der Waals surface area contributed by atoms with E-state index in [0.29, 0.717) is 28.3 Å². The molecule has 1 amide bonds. The third kappa shape index (κ3) is 3.58. The molecule has 0 fully saturated rings. The van der Waals surface area contributed by atoms with Crippen LogP contribution in [0.15, 0.2) is 30.3 Å². The molecule has 2 aromatic carbocycles. The lowest BCUT2D eigenvalue weighted by Crippen LogP contribution is -2.14. The van der Waals surface area contributed by atoms with Crippen molar-refractivity contribution in [2.45, 2.75) is 6.92 Å². The molecule has 0 aromatic heterocycles. The summed E-state index contributed by atoms with van der Waals surface area (Å²) in [5.41, 5.74) is 1.10. The van der Waals surface area contributed by atoms with Crippen molar-refractivity contribution in [3.63, 3.8) is 0 Å². The van der Waals surface area contributed by atoms with Crippen molar-refractivity contribution in [3.05, 3.63) is 55.1 Å². The second-order valence-electron chi connectivity index (χ2n) is 4.85. The molecule has 2 rings (SSSR count). The zero-order chi connectivity index (χ0) is 17.9. The summed E-state index contributed by atoms with van der Waals surface area (Å²) >= 11 is 2.05. The summed E-state index contributed by atoms with van der Waals surface area (Å²) in [5, 5.41) is 13.7. The molecule has 0 spiro atoms. The predicted octanol–water partition coefficient (Wildman–Crippen LogP) is 3.78. The van der Waals surface area contributed by atoms with Crippen LogP contribution in [0, 0.1) is 20.6 Å². The van der Waals surface area contributed by atoms with Crippen LogP contribution in [0.5, 0.6) is 11.5 Å². The highest BCUT2D eigenvalue weighted by molar-refractivity contribution is 14.1. The van der Waals surface area contributed by atoms with Gasteiger partial charge < -0.3 is 14.8 Å². The van der Waals surface area contributed by atoms with Crippen molar-refractivity contribution in [2.75, 3.05) is 19.5 Å². The van der Waals surface area contributed by atoms with E-state index in [1.807, 2.05) is 22.6 Å². The van der Waals surface area contributed by atoms with E-state index in [2.05, 4.69) is 5.32 Å². The fourth-order valence-corrected chi connectivity index (χ4v) is 3.02. The van der Waals surface area contributed by atoms with Crippen molar-refractivity contribution >= 4 is 39.9 Å². The van der Waals surface area contributed by atoms with E-state index >= 15 is 0 Å². The number of nitro benzene ring substituents is 1.